The number of hydrogen-bond acceptors (Lipinski definition) is 6. The number of imidazole rings is 1. The highest BCUT2D eigenvalue weighted by Gasteiger charge is 2.47. The van der Waals surface area contributed by atoms with Crippen LogP contribution in [0.2, 0.25) is 0 Å². The van der Waals surface area contributed by atoms with E-state index in [0.29, 0.717) is 5.56 Å². The first-order valence-corrected chi connectivity index (χ1v) is 13.8. The number of nitrogens with one attached hydrogen (secondary N) is 2. The van der Waals surface area contributed by atoms with Crippen molar-refractivity contribution in [2.75, 3.05) is 19.7 Å². The number of rotatable bonds is 10. The summed E-state index contributed by atoms with van der Waals surface area (Å²) >= 11 is 0. The third-order valence-electron chi connectivity index (χ3n) is 7.17. The molecule has 0 unspecified atom stereocenters. The lowest BCUT2D eigenvalue weighted by Gasteiger charge is -2.38. The lowest BCUT2D eigenvalue weighted by Crippen LogP contribution is -2.58. The van der Waals surface area contributed by atoms with Gasteiger partial charge in [-0.15, -0.1) is 0 Å². The van der Waals surface area contributed by atoms with Crippen LogP contribution in [0.1, 0.15) is 83.6 Å². The van der Waals surface area contributed by atoms with E-state index in [2.05, 4.69) is 20.7 Å². The van der Waals surface area contributed by atoms with E-state index in [4.69, 9.17) is 9.47 Å². The number of amides is 3. The number of carbonyl (C=O) groups excluding carboxylic acids is 2. The molecule has 15 heteroatoms. The van der Waals surface area contributed by atoms with E-state index in [9.17, 15) is 31.5 Å². The van der Waals surface area contributed by atoms with Crippen LogP contribution in [-0.4, -0.2) is 75.1 Å². The van der Waals surface area contributed by atoms with Gasteiger partial charge in [-0.1, -0.05) is 13.8 Å². The Kier molecular flexibility index (Phi) is 8.65. The predicted molar refractivity (Wildman–Crippen MR) is 141 cm³/mol. The molecule has 0 radical (unpaired) electrons. The van der Waals surface area contributed by atoms with E-state index >= 15 is 0 Å². The first-order valence-electron chi connectivity index (χ1n) is 13.8. The highest BCUT2D eigenvalue weighted by molar-refractivity contribution is 5.76. The van der Waals surface area contributed by atoms with Crippen molar-refractivity contribution in [1.29, 1.82) is 0 Å². The van der Waals surface area contributed by atoms with E-state index in [1.165, 1.54) is 16.9 Å². The summed E-state index contributed by atoms with van der Waals surface area (Å²) in [6.07, 6.45) is -1.16. The molecular weight excluding hydrogens is 567 g/mol. The molecule has 0 aromatic carbocycles. The first kappa shape index (κ1) is 31.7. The molecule has 234 valence electrons. The summed E-state index contributed by atoms with van der Waals surface area (Å²) < 4.78 is 81.7. The lowest BCUT2D eigenvalue weighted by molar-refractivity contribution is -0.214. The van der Waals surface area contributed by atoms with Gasteiger partial charge >= 0.3 is 18.3 Å². The molecule has 1 saturated carbocycles. The zero-order valence-corrected chi connectivity index (χ0v) is 24.2. The maximum atomic E-state index is 14.3. The fourth-order valence-electron chi connectivity index (χ4n) is 4.41. The SMILES string of the molecule is CC(C)(C)OC(=O)N[C@@H](CCC(C)(C)C(F)(F)F)c1cn2ncc([C@@H](COC3CC3)N3CC(F)(F)CNC3=O)cc2n1. The van der Waals surface area contributed by atoms with Gasteiger partial charge in [0.25, 0.3) is 5.92 Å². The van der Waals surface area contributed by atoms with Gasteiger partial charge in [-0.3, -0.25) is 0 Å². The summed E-state index contributed by atoms with van der Waals surface area (Å²) in [6, 6.07) is -0.949. The minimum atomic E-state index is -4.46. The van der Waals surface area contributed by atoms with Gasteiger partial charge in [0.05, 0.1) is 61.4 Å². The van der Waals surface area contributed by atoms with Crippen molar-refractivity contribution < 1.29 is 41.0 Å². The van der Waals surface area contributed by atoms with Gasteiger partial charge in [0.15, 0.2) is 5.65 Å². The number of alkyl carbamates (subject to hydrolysis) is 1. The van der Waals surface area contributed by atoms with Gasteiger partial charge in [0, 0.05) is 5.56 Å². The summed E-state index contributed by atoms with van der Waals surface area (Å²) in [7, 11) is 0. The van der Waals surface area contributed by atoms with Gasteiger partial charge in [0.1, 0.15) is 5.60 Å². The van der Waals surface area contributed by atoms with Crippen molar-refractivity contribution in [3.63, 3.8) is 0 Å². The van der Waals surface area contributed by atoms with Crippen molar-refractivity contribution in [3.8, 4) is 0 Å². The average Bonchev–Trinajstić information content (AvgIpc) is 3.58. The second-order valence-electron chi connectivity index (χ2n) is 12.6. The molecule has 2 aromatic rings. The molecule has 3 heterocycles. The summed E-state index contributed by atoms with van der Waals surface area (Å²) in [5.41, 5.74) is -2.00. The number of fused-ring (bicyclic) bond motifs is 1. The van der Waals surface area contributed by atoms with Crippen LogP contribution in [0.25, 0.3) is 5.65 Å². The monoisotopic (exact) mass is 604 g/mol. The molecule has 2 N–H and O–H groups in total. The molecule has 0 spiro atoms. The third kappa shape index (κ3) is 7.98. The molecule has 1 aliphatic carbocycles. The highest BCUT2D eigenvalue weighted by Crippen LogP contribution is 2.42. The van der Waals surface area contributed by atoms with E-state index < -0.39 is 60.4 Å². The van der Waals surface area contributed by atoms with E-state index in [0.717, 1.165) is 31.6 Å². The van der Waals surface area contributed by atoms with Crippen molar-refractivity contribution in [1.82, 2.24) is 30.1 Å². The maximum Gasteiger partial charge on any atom is 0.408 e. The molecule has 0 bridgehead atoms. The van der Waals surface area contributed by atoms with Crippen molar-refractivity contribution >= 4 is 17.8 Å². The van der Waals surface area contributed by atoms with E-state index in [1.54, 1.807) is 26.8 Å². The zero-order chi connectivity index (χ0) is 31.1. The minimum absolute atomic E-state index is 0.00350. The van der Waals surface area contributed by atoms with E-state index in [1.807, 2.05) is 0 Å². The number of urea groups is 1. The van der Waals surface area contributed by atoms with Crippen molar-refractivity contribution in [2.24, 2.45) is 5.41 Å². The maximum absolute atomic E-state index is 14.3. The summed E-state index contributed by atoms with van der Waals surface area (Å²) in [5, 5.41) is 9.15. The van der Waals surface area contributed by atoms with Crippen LogP contribution >= 0.6 is 0 Å². The Balaban J connectivity index is 1.63. The highest BCUT2D eigenvalue weighted by atomic mass is 19.4. The van der Waals surface area contributed by atoms with Crippen LogP contribution in [0, 0.1) is 5.41 Å². The fourth-order valence-corrected chi connectivity index (χ4v) is 4.41. The normalized spacial score (nSPS) is 19.4. The molecule has 1 aliphatic heterocycles. The molecule has 10 nitrogen and oxygen atoms in total. The average molecular weight is 605 g/mol. The molecule has 1 saturated heterocycles. The van der Waals surface area contributed by atoms with E-state index in [-0.39, 0.29) is 36.9 Å². The van der Waals surface area contributed by atoms with Crippen LogP contribution in [-0.2, 0) is 9.47 Å². The zero-order valence-electron chi connectivity index (χ0n) is 24.2. The van der Waals surface area contributed by atoms with Crippen molar-refractivity contribution in [2.45, 2.75) is 96.2 Å². The Labute approximate surface area is 240 Å². The Morgan fingerprint density at radius 1 is 1.21 bits per heavy atom. The number of ether oxygens (including phenoxy) is 2. The van der Waals surface area contributed by atoms with Crippen LogP contribution in [0.4, 0.5) is 31.5 Å². The second-order valence-corrected chi connectivity index (χ2v) is 12.6. The van der Waals surface area contributed by atoms with Gasteiger partial charge in [-0.25, -0.2) is 27.9 Å². The summed E-state index contributed by atoms with van der Waals surface area (Å²) in [6.45, 7) is 5.54. The number of alkyl halides is 5. The Hall–Kier alpha value is -3.23. The van der Waals surface area contributed by atoms with Gasteiger partial charge < -0.3 is 25.0 Å². The standard InChI is InChI=1S/C27H37F5N6O4/c1-24(2,3)42-23(40)36-18(8-9-25(4,5)27(30,31)32)19-12-38-21(35-19)10-16(11-34-38)20(13-41-17-6-7-17)37-15-26(28,29)14-33-22(37)39/h10-12,17-18,20H,6-9,13-15H2,1-5H3,(H,33,39)(H,36,40)/t18-,20+/m0/s1. The van der Waals surface area contributed by atoms with Crippen LogP contribution in [0.3, 0.4) is 0 Å². The molecule has 42 heavy (non-hydrogen) atoms. The molecule has 2 aromatic heterocycles. The number of nitrogens with zero attached hydrogens (tertiary/aromatic N) is 4. The summed E-state index contributed by atoms with van der Waals surface area (Å²) in [4.78, 5) is 30.7. The minimum Gasteiger partial charge on any atom is -0.444 e. The van der Waals surface area contributed by atoms with Gasteiger partial charge in [-0.05, 0) is 52.5 Å². The molecule has 2 aliphatic rings. The number of aromatic nitrogens is 3. The number of halogens is 5. The molecular formula is C27H37F5N6O4. The molecule has 3 amide bonds. The molecule has 4 rings (SSSR count). The Morgan fingerprint density at radius 2 is 1.90 bits per heavy atom. The second kappa shape index (κ2) is 11.5. The predicted octanol–water partition coefficient (Wildman–Crippen LogP) is 5.54. The smallest absolute Gasteiger partial charge is 0.408 e. The molecule has 2 fully saturated rings. The largest absolute Gasteiger partial charge is 0.444 e. The summed E-state index contributed by atoms with van der Waals surface area (Å²) in [5.74, 6) is -3.14. The fraction of sp³-hybridized carbons (Fsp3) is 0.704. The van der Waals surface area contributed by atoms with Crippen LogP contribution in [0.15, 0.2) is 18.5 Å². The Bertz CT molecular complexity index is 1290. The molecule has 2 atom stereocenters. The lowest BCUT2D eigenvalue weighted by atomic mass is 9.85. The van der Waals surface area contributed by atoms with Gasteiger partial charge in [0.2, 0.25) is 0 Å². The van der Waals surface area contributed by atoms with Gasteiger partial charge in [-0.2, -0.15) is 18.3 Å². The topological polar surface area (TPSA) is 110 Å². The number of hydrogen-bond donors (Lipinski definition) is 2. The Morgan fingerprint density at radius 3 is 2.52 bits per heavy atom. The van der Waals surface area contributed by atoms with Crippen LogP contribution < -0.4 is 10.6 Å². The third-order valence-corrected chi connectivity index (χ3v) is 7.17. The number of carbonyl (C=O) groups is 2. The first-order chi connectivity index (χ1) is 19.3. The van der Waals surface area contributed by atoms with Crippen molar-refractivity contribution in [3.05, 3.63) is 29.7 Å². The van der Waals surface area contributed by atoms with Crippen LogP contribution in [0.5, 0.6) is 0 Å². The quantitative estimate of drug-likeness (QED) is 0.345.